The molecule has 0 saturated heterocycles. The lowest BCUT2D eigenvalue weighted by atomic mass is 9.96. The summed E-state index contributed by atoms with van der Waals surface area (Å²) in [6, 6.07) is 14.3. The number of hydrogen-bond donors (Lipinski definition) is 0. The SMILES string of the molecule is CCOC(=O)C1=C(C)N=c2sc(=Cc3ccc(OC(C)C)cc3)c(=O)n2C1c1ccc(OC)cc1. The molecule has 182 valence electrons. The third-order valence-electron chi connectivity index (χ3n) is 5.50. The molecule has 1 atom stereocenters. The molecule has 0 saturated carbocycles. The number of rotatable bonds is 7. The van der Waals surface area contributed by atoms with Crippen molar-refractivity contribution < 1.29 is 19.0 Å². The molecular formula is C27H28N2O5S. The van der Waals surface area contributed by atoms with Gasteiger partial charge in [-0.15, -0.1) is 0 Å². The number of nitrogens with zero attached hydrogens (tertiary/aromatic N) is 2. The monoisotopic (exact) mass is 492 g/mol. The number of fused-ring (bicyclic) bond motifs is 1. The van der Waals surface area contributed by atoms with Crippen LogP contribution in [0.1, 0.15) is 44.9 Å². The third kappa shape index (κ3) is 5.07. The maximum absolute atomic E-state index is 13.6. The lowest BCUT2D eigenvalue weighted by molar-refractivity contribution is -0.139. The number of aromatic nitrogens is 1. The van der Waals surface area contributed by atoms with Crippen LogP contribution in [-0.4, -0.2) is 30.4 Å². The van der Waals surface area contributed by atoms with E-state index in [0.29, 0.717) is 26.4 Å². The average Bonchev–Trinajstić information content (AvgIpc) is 3.13. The van der Waals surface area contributed by atoms with Gasteiger partial charge in [0.25, 0.3) is 5.56 Å². The molecule has 0 N–H and O–H groups in total. The van der Waals surface area contributed by atoms with Crippen molar-refractivity contribution >= 4 is 23.4 Å². The van der Waals surface area contributed by atoms with Gasteiger partial charge >= 0.3 is 5.97 Å². The normalized spacial score (nSPS) is 15.6. The number of thiazole rings is 1. The van der Waals surface area contributed by atoms with Gasteiger partial charge < -0.3 is 14.2 Å². The van der Waals surface area contributed by atoms with Crippen molar-refractivity contribution in [3.63, 3.8) is 0 Å². The molecule has 1 aromatic heterocycles. The van der Waals surface area contributed by atoms with Crippen molar-refractivity contribution in [1.29, 1.82) is 0 Å². The van der Waals surface area contributed by atoms with Crippen LogP contribution < -0.4 is 24.4 Å². The summed E-state index contributed by atoms with van der Waals surface area (Å²) in [7, 11) is 1.59. The van der Waals surface area contributed by atoms with Gasteiger partial charge in [0, 0.05) is 0 Å². The zero-order valence-corrected chi connectivity index (χ0v) is 21.2. The van der Waals surface area contributed by atoms with Gasteiger partial charge in [0.05, 0.1) is 41.7 Å². The number of methoxy groups -OCH3 is 1. The summed E-state index contributed by atoms with van der Waals surface area (Å²) in [6.45, 7) is 7.70. The van der Waals surface area contributed by atoms with Crippen LogP contribution in [0.5, 0.6) is 11.5 Å². The van der Waals surface area contributed by atoms with Gasteiger partial charge in [0.1, 0.15) is 11.5 Å². The Morgan fingerprint density at radius 2 is 1.77 bits per heavy atom. The molecule has 8 heteroatoms. The van der Waals surface area contributed by atoms with Gasteiger partial charge in [0.2, 0.25) is 0 Å². The summed E-state index contributed by atoms with van der Waals surface area (Å²) >= 11 is 1.29. The Bertz CT molecular complexity index is 1430. The highest BCUT2D eigenvalue weighted by Gasteiger charge is 2.33. The van der Waals surface area contributed by atoms with E-state index in [4.69, 9.17) is 14.2 Å². The topological polar surface area (TPSA) is 79.1 Å². The van der Waals surface area contributed by atoms with Gasteiger partial charge in [0.15, 0.2) is 4.80 Å². The van der Waals surface area contributed by atoms with Gasteiger partial charge in [-0.1, -0.05) is 35.6 Å². The largest absolute Gasteiger partial charge is 0.497 e. The second-order valence-electron chi connectivity index (χ2n) is 8.31. The molecule has 7 nitrogen and oxygen atoms in total. The molecule has 0 spiro atoms. The second-order valence-corrected chi connectivity index (χ2v) is 9.32. The molecule has 1 aliphatic heterocycles. The Hall–Kier alpha value is -3.65. The summed E-state index contributed by atoms with van der Waals surface area (Å²) in [4.78, 5) is 31.7. The van der Waals surface area contributed by atoms with E-state index in [-0.39, 0.29) is 18.3 Å². The molecule has 0 amide bonds. The van der Waals surface area contributed by atoms with Crippen LogP contribution in [0, 0.1) is 0 Å². The van der Waals surface area contributed by atoms with E-state index in [1.165, 1.54) is 11.3 Å². The van der Waals surface area contributed by atoms with E-state index >= 15 is 0 Å². The first-order valence-corrected chi connectivity index (χ1v) is 12.2. The van der Waals surface area contributed by atoms with Crippen LogP contribution in [0.15, 0.2) is 69.6 Å². The van der Waals surface area contributed by atoms with Crippen molar-refractivity contribution in [2.75, 3.05) is 13.7 Å². The van der Waals surface area contributed by atoms with E-state index in [0.717, 1.165) is 16.9 Å². The average molecular weight is 493 g/mol. The number of carbonyl (C=O) groups is 1. The van der Waals surface area contributed by atoms with Crippen LogP contribution in [0.25, 0.3) is 6.08 Å². The molecule has 0 fully saturated rings. The van der Waals surface area contributed by atoms with Crippen LogP contribution in [0.4, 0.5) is 0 Å². The minimum atomic E-state index is -0.653. The van der Waals surface area contributed by atoms with Crippen LogP contribution in [0.2, 0.25) is 0 Å². The first-order valence-electron chi connectivity index (χ1n) is 11.4. The third-order valence-corrected chi connectivity index (χ3v) is 6.48. The maximum atomic E-state index is 13.6. The lowest BCUT2D eigenvalue weighted by Gasteiger charge is -2.24. The number of carbonyl (C=O) groups excluding carboxylic acids is 1. The fourth-order valence-corrected chi connectivity index (χ4v) is 5.01. The Morgan fingerprint density at radius 1 is 1.11 bits per heavy atom. The predicted molar refractivity (Wildman–Crippen MR) is 136 cm³/mol. The van der Waals surface area contributed by atoms with Gasteiger partial charge in [-0.25, -0.2) is 9.79 Å². The van der Waals surface area contributed by atoms with Crippen LogP contribution >= 0.6 is 11.3 Å². The summed E-state index contributed by atoms with van der Waals surface area (Å²) in [5.74, 6) is 0.974. The molecule has 0 radical (unpaired) electrons. The highest BCUT2D eigenvalue weighted by Crippen LogP contribution is 2.31. The quantitative estimate of drug-likeness (QED) is 0.471. The Balaban J connectivity index is 1.85. The minimum absolute atomic E-state index is 0.0827. The first kappa shape index (κ1) is 24.5. The molecule has 1 aliphatic rings. The number of ether oxygens (including phenoxy) is 3. The summed E-state index contributed by atoms with van der Waals surface area (Å²) in [5.41, 5.74) is 2.31. The molecule has 4 rings (SSSR count). The smallest absolute Gasteiger partial charge is 0.338 e. The zero-order chi connectivity index (χ0) is 25.1. The predicted octanol–water partition coefficient (Wildman–Crippen LogP) is 3.59. The molecule has 1 unspecified atom stereocenters. The molecule has 2 heterocycles. The lowest BCUT2D eigenvalue weighted by Crippen LogP contribution is -2.39. The highest BCUT2D eigenvalue weighted by molar-refractivity contribution is 7.07. The molecule has 0 bridgehead atoms. The molecule has 35 heavy (non-hydrogen) atoms. The van der Waals surface area contributed by atoms with Crippen LogP contribution in [0.3, 0.4) is 0 Å². The number of hydrogen-bond acceptors (Lipinski definition) is 7. The van der Waals surface area contributed by atoms with Crippen LogP contribution in [-0.2, 0) is 9.53 Å². The van der Waals surface area contributed by atoms with Crippen molar-refractivity contribution in [1.82, 2.24) is 4.57 Å². The van der Waals surface area contributed by atoms with Gasteiger partial charge in [-0.2, -0.15) is 0 Å². The van der Waals surface area contributed by atoms with E-state index in [1.807, 2.05) is 68.5 Å². The summed E-state index contributed by atoms with van der Waals surface area (Å²) in [6.07, 6.45) is 1.91. The Kier molecular flexibility index (Phi) is 7.21. The molecule has 0 aliphatic carbocycles. The van der Waals surface area contributed by atoms with Crippen molar-refractivity contribution in [2.45, 2.75) is 39.8 Å². The summed E-state index contributed by atoms with van der Waals surface area (Å²) < 4.78 is 18.4. The molecular weight excluding hydrogens is 464 g/mol. The molecule has 3 aromatic rings. The van der Waals surface area contributed by atoms with Crippen molar-refractivity contribution in [3.05, 3.63) is 90.6 Å². The standard InChI is InChI=1S/C27H28N2O5S/c1-6-33-26(31)23-17(4)28-27-29(24(23)19-9-13-20(32-5)14-10-19)25(30)22(35-27)15-18-7-11-21(12-8-18)34-16(2)3/h7-16,24H,6H2,1-5H3. The van der Waals surface area contributed by atoms with E-state index in [2.05, 4.69) is 4.99 Å². The van der Waals surface area contributed by atoms with Gasteiger partial charge in [-0.05, 0) is 69.2 Å². The van der Waals surface area contributed by atoms with Crippen molar-refractivity contribution in [2.24, 2.45) is 4.99 Å². The van der Waals surface area contributed by atoms with E-state index in [1.54, 1.807) is 25.5 Å². The second kappa shape index (κ2) is 10.3. The minimum Gasteiger partial charge on any atom is -0.497 e. The highest BCUT2D eigenvalue weighted by atomic mass is 32.1. The Labute approximate surface area is 207 Å². The van der Waals surface area contributed by atoms with E-state index < -0.39 is 12.0 Å². The molecule has 2 aromatic carbocycles. The number of esters is 1. The fraction of sp³-hybridized carbons (Fsp3) is 0.296. The first-order chi connectivity index (χ1) is 16.8. The van der Waals surface area contributed by atoms with Crippen molar-refractivity contribution in [3.8, 4) is 11.5 Å². The summed E-state index contributed by atoms with van der Waals surface area (Å²) in [5, 5.41) is 0. The fourth-order valence-electron chi connectivity index (χ4n) is 3.96. The van der Waals surface area contributed by atoms with Gasteiger partial charge in [-0.3, -0.25) is 9.36 Å². The maximum Gasteiger partial charge on any atom is 0.338 e. The number of allylic oxidation sites excluding steroid dienone is 1. The Morgan fingerprint density at radius 3 is 2.37 bits per heavy atom. The number of benzene rings is 2. The zero-order valence-electron chi connectivity index (χ0n) is 20.4. The van der Waals surface area contributed by atoms with E-state index in [9.17, 15) is 9.59 Å².